The third-order valence-electron chi connectivity index (χ3n) is 7.78. The van der Waals surface area contributed by atoms with Crippen LogP contribution in [0.5, 0.6) is 0 Å². The van der Waals surface area contributed by atoms with Crippen molar-refractivity contribution in [1.29, 1.82) is 0 Å². The van der Waals surface area contributed by atoms with Crippen LogP contribution in [0.1, 0.15) is 33.9 Å². The molecule has 1 unspecified atom stereocenters. The number of aryl methyl sites for hydroxylation is 1. The Balaban J connectivity index is 1.37. The molecule has 192 valence electrons. The van der Waals surface area contributed by atoms with E-state index in [1.807, 2.05) is 0 Å². The summed E-state index contributed by atoms with van der Waals surface area (Å²) in [6, 6.07) is 14.9. The highest BCUT2D eigenvalue weighted by atomic mass is 127. The van der Waals surface area contributed by atoms with Crippen molar-refractivity contribution in [2.45, 2.75) is 32.3 Å². The van der Waals surface area contributed by atoms with Crippen LogP contribution in [0, 0.1) is 12.8 Å². The summed E-state index contributed by atoms with van der Waals surface area (Å²) in [5.74, 6) is 1.76. The summed E-state index contributed by atoms with van der Waals surface area (Å²) in [6.45, 7) is 7.52. The summed E-state index contributed by atoms with van der Waals surface area (Å²) < 4.78 is 8.52. The molecule has 0 spiro atoms. The van der Waals surface area contributed by atoms with Crippen molar-refractivity contribution in [2.75, 3.05) is 37.7 Å². The van der Waals surface area contributed by atoms with Gasteiger partial charge in [0.25, 0.3) is 0 Å². The van der Waals surface area contributed by atoms with E-state index < -0.39 is 0 Å². The normalized spacial score (nSPS) is 20.1. The molecule has 1 aliphatic carbocycles. The van der Waals surface area contributed by atoms with Crippen molar-refractivity contribution in [3.8, 4) is 0 Å². The molecule has 9 heteroatoms. The number of nitrogens with one attached hydrogen (secondary N) is 1. The average Bonchev–Trinajstić information content (AvgIpc) is 3.36. The number of benzene rings is 2. The molecule has 0 radical (unpaired) electrons. The number of piperazine rings is 1. The number of anilines is 1. The van der Waals surface area contributed by atoms with E-state index in [1.54, 1.807) is 6.33 Å². The van der Waals surface area contributed by atoms with Crippen molar-refractivity contribution in [2.24, 2.45) is 5.92 Å². The Hall–Kier alpha value is -2.13. The maximum absolute atomic E-state index is 6.40. The molecule has 7 nitrogen and oxygen atoms in total. The first-order valence-corrected chi connectivity index (χ1v) is 17.0. The molecule has 0 bridgehead atoms. The van der Waals surface area contributed by atoms with Crippen LogP contribution in [0.25, 0.3) is 10.9 Å². The number of aromatic nitrogens is 4. The smallest absolute Gasteiger partial charge is 0.135 e. The summed E-state index contributed by atoms with van der Waals surface area (Å²) in [6.07, 6.45) is 6.23. The second kappa shape index (κ2) is 11.3. The summed E-state index contributed by atoms with van der Waals surface area (Å²) in [5, 5.41) is 9.44. The first-order chi connectivity index (χ1) is 18.2. The lowest BCUT2D eigenvalue weighted by atomic mass is 9.72. The molecule has 2 aromatic heterocycles. The predicted octanol–water partition coefficient (Wildman–Crippen LogP) is 5.05. The fraction of sp³-hybridized carbons (Fsp3) is 0.393. The number of halogens is 1. The van der Waals surface area contributed by atoms with Gasteiger partial charge in [0.05, 0.1) is 31.3 Å². The number of hydrogen-bond donors (Lipinski definition) is 1. The zero-order chi connectivity index (χ0) is 25.2. The molecule has 4 aromatic rings. The van der Waals surface area contributed by atoms with Gasteiger partial charge in [-0.2, -0.15) is 5.10 Å². The van der Waals surface area contributed by atoms with E-state index in [4.69, 9.17) is 19.8 Å². The molecular formula is C28H32IN6OP. The standard InChI is InChI=1S/C28H32IN6OP/c1-19-7-8-26-24(15-33-35(26)37-29)27(19)22-14-25-23(28(32-18-31-25)34-11-9-30-10-12-34)13-21(22)17-36-16-20-5-3-2-4-6-20/h2-8,15,18,21-22,30,37H,9-14,16-17H2,1H3/t21-,22+/m0/s1. The topological polar surface area (TPSA) is 68.1 Å². The Morgan fingerprint density at radius 1 is 1.08 bits per heavy atom. The Morgan fingerprint density at radius 3 is 2.73 bits per heavy atom. The Bertz CT molecular complexity index is 1370. The zero-order valence-electron chi connectivity index (χ0n) is 21.0. The van der Waals surface area contributed by atoms with Gasteiger partial charge in [0, 0.05) is 42.8 Å². The monoisotopic (exact) mass is 626 g/mol. The first-order valence-electron chi connectivity index (χ1n) is 13.0. The van der Waals surface area contributed by atoms with E-state index in [9.17, 15) is 0 Å². The van der Waals surface area contributed by atoms with Gasteiger partial charge in [-0.1, -0.05) is 36.4 Å². The highest BCUT2D eigenvalue weighted by Crippen LogP contribution is 2.43. The van der Waals surface area contributed by atoms with Crippen LogP contribution in [0.2, 0.25) is 0 Å². The van der Waals surface area contributed by atoms with Crippen molar-refractivity contribution in [3.63, 3.8) is 0 Å². The largest absolute Gasteiger partial charge is 0.376 e. The van der Waals surface area contributed by atoms with Crippen LogP contribution in [-0.2, 0) is 24.2 Å². The van der Waals surface area contributed by atoms with Gasteiger partial charge in [-0.25, -0.2) is 14.4 Å². The molecule has 1 aliphatic heterocycles. The lowest BCUT2D eigenvalue weighted by Crippen LogP contribution is -2.45. The molecule has 3 heterocycles. The number of rotatable bonds is 7. The van der Waals surface area contributed by atoms with E-state index in [-0.39, 0.29) is 0 Å². The molecular weight excluding hydrogens is 594 g/mol. The van der Waals surface area contributed by atoms with Gasteiger partial charge >= 0.3 is 0 Å². The van der Waals surface area contributed by atoms with Crippen molar-refractivity contribution < 1.29 is 4.74 Å². The minimum atomic E-state index is 0.313. The van der Waals surface area contributed by atoms with Gasteiger partial charge in [0.2, 0.25) is 0 Å². The first kappa shape index (κ1) is 25.2. The summed E-state index contributed by atoms with van der Waals surface area (Å²) in [5.41, 5.74) is 7.65. The van der Waals surface area contributed by atoms with E-state index in [0.29, 0.717) is 31.4 Å². The molecule has 6 rings (SSSR count). The molecule has 1 fully saturated rings. The number of ether oxygens (including phenoxy) is 1. The van der Waals surface area contributed by atoms with Gasteiger partial charge in [-0.15, -0.1) is 0 Å². The molecule has 37 heavy (non-hydrogen) atoms. The lowest BCUT2D eigenvalue weighted by molar-refractivity contribution is 0.0749. The van der Waals surface area contributed by atoms with Gasteiger partial charge in [0.1, 0.15) is 12.1 Å². The molecule has 1 N–H and O–H groups in total. The van der Waals surface area contributed by atoms with Gasteiger partial charge in [0.15, 0.2) is 0 Å². The zero-order valence-corrected chi connectivity index (χ0v) is 24.2. The Labute approximate surface area is 232 Å². The quantitative estimate of drug-likeness (QED) is 0.229. The molecule has 2 aromatic carbocycles. The van der Waals surface area contributed by atoms with Gasteiger partial charge in [-0.05, 0) is 76.4 Å². The maximum Gasteiger partial charge on any atom is 0.135 e. The molecule has 2 aliphatic rings. The minimum absolute atomic E-state index is 0.313. The Kier molecular flexibility index (Phi) is 7.70. The van der Waals surface area contributed by atoms with E-state index in [0.717, 1.165) is 44.8 Å². The van der Waals surface area contributed by atoms with Crippen LogP contribution >= 0.6 is 28.4 Å². The highest BCUT2D eigenvalue weighted by Gasteiger charge is 2.35. The van der Waals surface area contributed by atoms with Gasteiger partial charge < -0.3 is 15.0 Å². The Morgan fingerprint density at radius 2 is 1.92 bits per heavy atom. The lowest BCUT2D eigenvalue weighted by Gasteiger charge is -2.37. The summed E-state index contributed by atoms with van der Waals surface area (Å²) in [4.78, 5) is 12.0. The number of nitrogens with zero attached hydrogens (tertiary/aromatic N) is 5. The fourth-order valence-corrected chi connectivity index (χ4v) is 7.50. The maximum atomic E-state index is 6.40. The third kappa shape index (κ3) is 5.13. The number of fused-ring (bicyclic) bond motifs is 2. The van der Waals surface area contributed by atoms with E-state index in [2.05, 4.69) is 92.3 Å². The average molecular weight is 626 g/mol. The highest BCUT2D eigenvalue weighted by molar-refractivity contribution is 14.2. The van der Waals surface area contributed by atoms with Crippen LogP contribution < -0.4 is 10.2 Å². The third-order valence-corrected chi connectivity index (χ3v) is 9.67. The molecule has 0 amide bonds. The van der Waals surface area contributed by atoms with Crippen LogP contribution in [0.3, 0.4) is 0 Å². The van der Waals surface area contributed by atoms with Crippen LogP contribution in [0.4, 0.5) is 5.82 Å². The molecule has 0 saturated carbocycles. The predicted molar refractivity (Wildman–Crippen MR) is 159 cm³/mol. The SMILES string of the molecule is Cc1ccc2c(cnn2PI)c1[C@@H]1Cc2ncnc(N3CCNCC3)c2C[C@H]1COCc1ccccc1. The van der Waals surface area contributed by atoms with E-state index in [1.165, 1.54) is 38.9 Å². The van der Waals surface area contributed by atoms with E-state index >= 15 is 0 Å². The molecule has 1 saturated heterocycles. The summed E-state index contributed by atoms with van der Waals surface area (Å²) >= 11 is 2.41. The molecule has 3 atom stereocenters. The van der Waals surface area contributed by atoms with Crippen molar-refractivity contribution in [3.05, 3.63) is 82.9 Å². The second-order valence-electron chi connectivity index (χ2n) is 10.0. The van der Waals surface area contributed by atoms with Crippen molar-refractivity contribution in [1.82, 2.24) is 24.8 Å². The summed E-state index contributed by atoms with van der Waals surface area (Å²) in [7, 11) is 0. The fourth-order valence-electron chi connectivity index (χ4n) is 5.96. The van der Waals surface area contributed by atoms with Gasteiger partial charge in [-0.3, -0.25) is 0 Å². The van der Waals surface area contributed by atoms with Crippen molar-refractivity contribution >= 4 is 45.1 Å². The van der Waals surface area contributed by atoms with Crippen LogP contribution in [0.15, 0.2) is 55.0 Å². The second-order valence-corrected chi connectivity index (χ2v) is 12.0. The minimum Gasteiger partial charge on any atom is -0.376 e. The van der Waals surface area contributed by atoms with Crippen LogP contribution in [-0.4, -0.2) is 52.3 Å². The number of hydrogen-bond acceptors (Lipinski definition) is 6.